The van der Waals surface area contributed by atoms with E-state index in [-0.39, 0.29) is 11.9 Å². The third kappa shape index (κ3) is 3.97. The summed E-state index contributed by atoms with van der Waals surface area (Å²) >= 11 is 0. The summed E-state index contributed by atoms with van der Waals surface area (Å²) in [4.78, 5) is 14.0. The molecule has 3 nitrogen and oxygen atoms in total. The summed E-state index contributed by atoms with van der Waals surface area (Å²) in [7, 11) is 0. The van der Waals surface area contributed by atoms with Crippen LogP contribution in [0.25, 0.3) is 0 Å². The van der Waals surface area contributed by atoms with Gasteiger partial charge < -0.3 is 10.6 Å². The summed E-state index contributed by atoms with van der Waals surface area (Å²) in [6.07, 6.45) is 7.97. The molecule has 1 aliphatic carbocycles. The van der Waals surface area contributed by atoms with Crippen LogP contribution in [0.5, 0.6) is 0 Å². The molecular weight excluding hydrogens is 200 g/mol. The van der Waals surface area contributed by atoms with E-state index in [9.17, 15) is 4.79 Å². The topological polar surface area (TPSA) is 46.3 Å². The highest BCUT2D eigenvalue weighted by Gasteiger charge is 2.25. The second-order valence-corrected chi connectivity index (χ2v) is 4.79. The van der Waals surface area contributed by atoms with E-state index < -0.39 is 0 Å². The predicted octanol–water partition coefficient (Wildman–Crippen LogP) is 2.07. The Kier molecular flexibility index (Phi) is 5.53. The molecule has 1 amide bonds. The smallest absolute Gasteiger partial charge is 0.223 e. The third-order valence-electron chi connectivity index (χ3n) is 3.23. The standard InChI is InChI=1S/C13H24N2O/c1-3-10-15(12-6-4-5-7-12)13(16)9-8-11(2)14/h3,11-12H,1,4-10,14H2,2H3. The summed E-state index contributed by atoms with van der Waals surface area (Å²) in [5.41, 5.74) is 5.68. The minimum atomic E-state index is 0.109. The van der Waals surface area contributed by atoms with Crippen molar-refractivity contribution in [3.05, 3.63) is 12.7 Å². The van der Waals surface area contributed by atoms with Crippen LogP contribution in [0.15, 0.2) is 12.7 Å². The second kappa shape index (κ2) is 6.69. The van der Waals surface area contributed by atoms with Gasteiger partial charge in [-0.25, -0.2) is 0 Å². The van der Waals surface area contributed by atoms with Crippen LogP contribution in [0.2, 0.25) is 0 Å². The van der Waals surface area contributed by atoms with Gasteiger partial charge in [-0.05, 0) is 26.2 Å². The van der Waals surface area contributed by atoms with Crippen molar-refractivity contribution in [2.45, 2.75) is 57.5 Å². The van der Waals surface area contributed by atoms with E-state index in [0.717, 1.165) is 19.3 Å². The van der Waals surface area contributed by atoms with Gasteiger partial charge in [-0.1, -0.05) is 18.9 Å². The fourth-order valence-corrected chi connectivity index (χ4v) is 2.30. The molecule has 1 saturated carbocycles. The van der Waals surface area contributed by atoms with Crippen LogP contribution < -0.4 is 5.73 Å². The van der Waals surface area contributed by atoms with E-state index in [2.05, 4.69) is 6.58 Å². The lowest BCUT2D eigenvalue weighted by Crippen LogP contribution is -2.39. The van der Waals surface area contributed by atoms with Crippen molar-refractivity contribution in [1.29, 1.82) is 0 Å². The van der Waals surface area contributed by atoms with Crippen LogP contribution in [-0.4, -0.2) is 29.4 Å². The Balaban J connectivity index is 2.47. The molecule has 0 aromatic rings. The van der Waals surface area contributed by atoms with E-state index in [1.807, 2.05) is 17.9 Å². The van der Waals surface area contributed by atoms with Crippen LogP contribution in [0.1, 0.15) is 45.4 Å². The van der Waals surface area contributed by atoms with Gasteiger partial charge >= 0.3 is 0 Å². The zero-order valence-electron chi connectivity index (χ0n) is 10.3. The Hall–Kier alpha value is -0.830. The number of carbonyl (C=O) groups excluding carboxylic acids is 1. The minimum absolute atomic E-state index is 0.109. The van der Waals surface area contributed by atoms with E-state index in [1.165, 1.54) is 12.8 Å². The highest BCUT2D eigenvalue weighted by atomic mass is 16.2. The molecule has 0 heterocycles. The molecule has 1 aliphatic rings. The van der Waals surface area contributed by atoms with Crippen LogP contribution in [0.3, 0.4) is 0 Å². The molecule has 0 aliphatic heterocycles. The number of carbonyl (C=O) groups is 1. The number of nitrogens with two attached hydrogens (primary N) is 1. The fraction of sp³-hybridized carbons (Fsp3) is 0.769. The third-order valence-corrected chi connectivity index (χ3v) is 3.23. The first-order chi connectivity index (χ1) is 7.65. The molecule has 1 rings (SSSR count). The second-order valence-electron chi connectivity index (χ2n) is 4.79. The van der Waals surface area contributed by atoms with Gasteiger partial charge in [0, 0.05) is 25.0 Å². The van der Waals surface area contributed by atoms with Gasteiger partial charge in [0.15, 0.2) is 0 Å². The monoisotopic (exact) mass is 224 g/mol. The Morgan fingerprint density at radius 1 is 1.56 bits per heavy atom. The molecule has 3 heteroatoms. The van der Waals surface area contributed by atoms with Crippen molar-refractivity contribution < 1.29 is 4.79 Å². The summed E-state index contributed by atoms with van der Waals surface area (Å²) in [6.45, 7) is 6.36. The van der Waals surface area contributed by atoms with Crippen LogP contribution >= 0.6 is 0 Å². The molecule has 0 saturated heterocycles. The number of hydrogen-bond donors (Lipinski definition) is 1. The van der Waals surface area contributed by atoms with Gasteiger partial charge in [-0.3, -0.25) is 4.79 Å². The molecule has 16 heavy (non-hydrogen) atoms. The van der Waals surface area contributed by atoms with Gasteiger partial charge in [0.25, 0.3) is 0 Å². The Bertz CT molecular complexity index is 232. The van der Waals surface area contributed by atoms with Gasteiger partial charge in [-0.15, -0.1) is 6.58 Å². The molecule has 2 N–H and O–H groups in total. The van der Waals surface area contributed by atoms with Crippen molar-refractivity contribution in [3.8, 4) is 0 Å². The first kappa shape index (κ1) is 13.2. The zero-order valence-corrected chi connectivity index (χ0v) is 10.3. The van der Waals surface area contributed by atoms with Crippen molar-refractivity contribution in [2.24, 2.45) is 5.73 Å². The molecule has 0 spiro atoms. The minimum Gasteiger partial charge on any atom is -0.336 e. The molecule has 0 bridgehead atoms. The zero-order chi connectivity index (χ0) is 12.0. The van der Waals surface area contributed by atoms with Gasteiger partial charge in [-0.2, -0.15) is 0 Å². The Morgan fingerprint density at radius 2 is 2.19 bits per heavy atom. The molecule has 1 atom stereocenters. The van der Waals surface area contributed by atoms with Crippen molar-refractivity contribution in [2.75, 3.05) is 6.54 Å². The lowest BCUT2D eigenvalue weighted by molar-refractivity contribution is -0.133. The lowest BCUT2D eigenvalue weighted by atomic mass is 10.1. The van der Waals surface area contributed by atoms with Gasteiger partial charge in [0.2, 0.25) is 5.91 Å². The molecule has 0 aromatic carbocycles. The number of hydrogen-bond acceptors (Lipinski definition) is 2. The van der Waals surface area contributed by atoms with E-state index in [4.69, 9.17) is 5.73 Å². The van der Waals surface area contributed by atoms with Crippen LogP contribution in [0, 0.1) is 0 Å². The quantitative estimate of drug-likeness (QED) is 0.702. The maximum absolute atomic E-state index is 12.0. The summed E-state index contributed by atoms with van der Waals surface area (Å²) < 4.78 is 0. The van der Waals surface area contributed by atoms with Crippen LogP contribution in [0.4, 0.5) is 0 Å². The summed E-state index contributed by atoms with van der Waals surface area (Å²) in [6, 6.07) is 0.552. The molecule has 0 aromatic heterocycles. The average Bonchev–Trinajstić information content (AvgIpc) is 2.75. The first-order valence-electron chi connectivity index (χ1n) is 6.31. The van der Waals surface area contributed by atoms with Crippen molar-refractivity contribution in [3.63, 3.8) is 0 Å². The normalized spacial score (nSPS) is 18.4. The summed E-state index contributed by atoms with van der Waals surface area (Å²) in [5, 5.41) is 0. The first-order valence-corrected chi connectivity index (χ1v) is 6.31. The predicted molar refractivity (Wildman–Crippen MR) is 67.0 cm³/mol. The van der Waals surface area contributed by atoms with E-state index in [1.54, 1.807) is 0 Å². The lowest BCUT2D eigenvalue weighted by Gasteiger charge is -2.28. The fourth-order valence-electron chi connectivity index (χ4n) is 2.30. The molecule has 1 unspecified atom stereocenters. The molecule has 1 fully saturated rings. The maximum Gasteiger partial charge on any atom is 0.223 e. The van der Waals surface area contributed by atoms with Crippen molar-refractivity contribution in [1.82, 2.24) is 4.90 Å². The Labute approximate surface area is 98.7 Å². The maximum atomic E-state index is 12.0. The largest absolute Gasteiger partial charge is 0.336 e. The van der Waals surface area contributed by atoms with Gasteiger partial charge in [0.05, 0.1) is 0 Å². The highest BCUT2D eigenvalue weighted by Crippen LogP contribution is 2.24. The van der Waals surface area contributed by atoms with E-state index in [0.29, 0.717) is 19.0 Å². The number of amides is 1. The molecule has 92 valence electrons. The summed E-state index contributed by atoms with van der Waals surface area (Å²) in [5.74, 6) is 0.240. The Morgan fingerprint density at radius 3 is 2.69 bits per heavy atom. The van der Waals surface area contributed by atoms with Crippen LogP contribution in [-0.2, 0) is 4.79 Å². The van der Waals surface area contributed by atoms with E-state index >= 15 is 0 Å². The van der Waals surface area contributed by atoms with Crippen molar-refractivity contribution >= 4 is 5.91 Å². The van der Waals surface area contributed by atoms with Gasteiger partial charge in [0.1, 0.15) is 0 Å². The highest BCUT2D eigenvalue weighted by molar-refractivity contribution is 5.76. The average molecular weight is 224 g/mol. The number of nitrogens with zero attached hydrogens (tertiary/aromatic N) is 1. The SMILES string of the molecule is C=CCN(C(=O)CCC(C)N)C1CCCC1. The molecular formula is C13H24N2O. The number of rotatable bonds is 6. The molecule has 0 radical (unpaired) electrons.